The van der Waals surface area contributed by atoms with Crippen molar-refractivity contribution in [2.24, 2.45) is 0 Å². The highest BCUT2D eigenvalue weighted by atomic mass is 35.5. The number of fused-ring (bicyclic) bond motifs is 1. The number of methoxy groups -OCH3 is 1. The van der Waals surface area contributed by atoms with Gasteiger partial charge in [-0.15, -0.1) is 5.10 Å². The van der Waals surface area contributed by atoms with Gasteiger partial charge in [0.25, 0.3) is 0 Å². The van der Waals surface area contributed by atoms with Gasteiger partial charge >= 0.3 is 0 Å². The summed E-state index contributed by atoms with van der Waals surface area (Å²) in [6.45, 7) is 0.821. The Bertz CT molecular complexity index is 1260. The van der Waals surface area contributed by atoms with Crippen molar-refractivity contribution >= 4 is 23.2 Å². The van der Waals surface area contributed by atoms with Crippen molar-refractivity contribution in [2.45, 2.75) is 38.1 Å². The molecular formula is C24H24ClFN6O. The van der Waals surface area contributed by atoms with Gasteiger partial charge in [0.2, 0.25) is 5.95 Å². The molecule has 0 fully saturated rings. The zero-order valence-electron chi connectivity index (χ0n) is 18.2. The molecule has 2 aromatic heterocycles. The van der Waals surface area contributed by atoms with Crippen molar-refractivity contribution in [1.29, 1.82) is 0 Å². The maximum absolute atomic E-state index is 13.8. The summed E-state index contributed by atoms with van der Waals surface area (Å²) in [6.07, 6.45) is 13.9. The lowest BCUT2D eigenvalue weighted by molar-refractivity contribution is 0.413. The lowest BCUT2D eigenvalue weighted by Gasteiger charge is -2.24. The molecule has 0 bridgehead atoms. The van der Waals surface area contributed by atoms with E-state index in [1.54, 1.807) is 30.3 Å². The molecule has 0 saturated heterocycles. The fourth-order valence-corrected chi connectivity index (χ4v) is 4.49. The molecule has 1 unspecified atom stereocenters. The van der Waals surface area contributed by atoms with Gasteiger partial charge in [-0.25, -0.2) is 14.1 Å². The predicted molar refractivity (Wildman–Crippen MR) is 126 cm³/mol. The lowest BCUT2D eigenvalue weighted by atomic mass is 9.87. The summed E-state index contributed by atoms with van der Waals surface area (Å²) in [7, 11) is 1.62. The van der Waals surface area contributed by atoms with E-state index >= 15 is 0 Å². The number of benzene rings is 1. The van der Waals surface area contributed by atoms with Gasteiger partial charge in [-0.05, 0) is 50.0 Å². The van der Waals surface area contributed by atoms with Crippen LogP contribution in [-0.4, -0.2) is 31.4 Å². The van der Waals surface area contributed by atoms with Crippen LogP contribution in [0.3, 0.4) is 0 Å². The topological polar surface area (TPSA) is 69.8 Å². The first-order chi connectivity index (χ1) is 16.1. The number of nitrogens with zero attached hydrogens (tertiary/aromatic N) is 5. The van der Waals surface area contributed by atoms with E-state index in [2.05, 4.69) is 15.4 Å². The molecule has 0 spiro atoms. The summed E-state index contributed by atoms with van der Waals surface area (Å²) >= 11 is 5.95. The Morgan fingerprint density at radius 2 is 2.18 bits per heavy atom. The molecule has 170 valence electrons. The van der Waals surface area contributed by atoms with E-state index in [0.29, 0.717) is 16.9 Å². The van der Waals surface area contributed by atoms with Crippen molar-refractivity contribution in [1.82, 2.24) is 24.3 Å². The molecular weight excluding hydrogens is 443 g/mol. The Labute approximate surface area is 196 Å². The van der Waals surface area contributed by atoms with Gasteiger partial charge in [-0.3, -0.25) is 0 Å². The minimum atomic E-state index is -0.220. The number of nitrogens with one attached hydrogen (secondary N) is 1. The fraction of sp³-hybridized carbons (Fsp3) is 0.292. The third kappa shape index (κ3) is 4.57. The molecule has 0 radical (unpaired) electrons. The minimum absolute atomic E-state index is 0.139. The number of anilines is 2. The molecule has 1 aliphatic heterocycles. The summed E-state index contributed by atoms with van der Waals surface area (Å²) < 4.78 is 23.1. The number of aromatic nitrogens is 5. The number of halogens is 2. The molecule has 3 heterocycles. The Morgan fingerprint density at radius 3 is 3.00 bits per heavy atom. The predicted octanol–water partition coefficient (Wildman–Crippen LogP) is 5.88. The van der Waals surface area contributed by atoms with Crippen molar-refractivity contribution < 1.29 is 9.13 Å². The highest BCUT2D eigenvalue weighted by Crippen LogP contribution is 2.36. The van der Waals surface area contributed by atoms with Crippen molar-refractivity contribution in [3.8, 4) is 11.4 Å². The summed E-state index contributed by atoms with van der Waals surface area (Å²) in [5, 5.41) is 8.39. The number of allylic oxidation sites excluding steroid dienone is 6. The van der Waals surface area contributed by atoms with Gasteiger partial charge in [0.1, 0.15) is 28.9 Å². The monoisotopic (exact) mass is 466 g/mol. The van der Waals surface area contributed by atoms with Crippen LogP contribution in [0.2, 0.25) is 5.15 Å². The molecule has 1 atom stereocenters. The van der Waals surface area contributed by atoms with E-state index in [1.807, 2.05) is 35.0 Å². The van der Waals surface area contributed by atoms with Crippen molar-refractivity contribution in [3.63, 3.8) is 0 Å². The second kappa shape index (κ2) is 9.23. The van der Waals surface area contributed by atoms with Crippen LogP contribution in [0.1, 0.15) is 37.4 Å². The van der Waals surface area contributed by atoms with Gasteiger partial charge in [-0.1, -0.05) is 29.3 Å². The van der Waals surface area contributed by atoms with E-state index < -0.39 is 0 Å². The average molecular weight is 467 g/mol. The van der Waals surface area contributed by atoms with Crippen LogP contribution >= 0.6 is 11.6 Å². The molecule has 1 N–H and O–H groups in total. The Kier molecular flexibility index (Phi) is 6.00. The molecule has 0 amide bonds. The number of ether oxygens (including phenoxy) is 1. The van der Waals surface area contributed by atoms with Crippen molar-refractivity contribution in [2.75, 3.05) is 12.4 Å². The second-order valence-electron chi connectivity index (χ2n) is 8.06. The summed E-state index contributed by atoms with van der Waals surface area (Å²) in [6, 6.07) is 5.74. The van der Waals surface area contributed by atoms with Gasteiger partial charge in [-0.2, -0.15) is 4.98 Å². The molecule has 3 aromatic rings. The van der Waals surface area contributed by atoms with E-state index in [4.69, 9.17) is 21.3 Å². The smallest absolute Gasteiger partial charge is 0.246 e. The lowest BCUT2D eigenvalue weighted by Crippen LogP contribution is -2.18. The van der Waals surface area contributed by atoms with Gasteiger partial charge in [0, 0.05) is 30.4 Å². The first kappa shape index (κ1) is 21.5. The van der Waals surface area contributed by atoms with Gasteiger partial charge in [0.05, 0.1) is 12.8 Å². The summed E-state index contributed by atoms with van der Waals surface area (Å²) in [5.74, 6) is 2.04. The molecule has 2 aliphatic rings. The molecule has 1 aliphatic carbocycles. The molecule has 5 rings (SSSR count). The summed E-state index contributed by atoms with van der Waals surface area (Å²) in [5.41, 5.74) is 2.83. The average Bonchev–Trinajstić information content (AvgIpc) is 3.42. The zero-order chi connectivity index (χ0) is 22.8. The number of rotatable bonds is 5. The normalized spacial score (nSPS) is 18.1. The second-order valence-corrected chi connectivity index (χ2v) is 8.45. The van der Waals surface area contributed by atoms with Crippen LogP contribution in [0.15, 0.2) is 66.4 Å². The Balaban J connectivity index is 1.40. The highest BCUT2D eigenvalue weighted by Gasteiger charge is 2.27. The van der Waals surface area contributed by atoms with Crippen LogP contribution < -0.4 is 10.1 Å². The van der Waals surface area contributed by atoms with Gasteiger partial charge in [0.15, 0.2) is 0 Å². The quantitative estimate of drug-likeness (QED) is 0.508. The molecule has 9 heteroatoms. The third-order valence-corrected chi connectivity index (χ3v) is 6.12. The van der Waals surface area contributed by atoms with Crippen LogP contribution in [0, 0.1) is 0 Å². The van der Waals surface area contributed by atoms with Crippen LogP contribution in [0.25, 0.3) is 5.69 Å². The Morgan fingerprint density at radius 1 is 1.27 bits per heavy atom. The SMILES string of the molecule is COc1cc(Nc2nc3n(n2)CCCC3C2=CC=C(F)C=CCC2)ccc1-n1cnc(Cl)c1. The van der Waals surface area contributed by atoms with Crippen molar-refractivity contribution in [3.05, 3.63) is 77.4 Å². The van der Waals surface area contributed by atoms with Crippen LogP contribution in [0.5, 0.6) is 5.75 Å². The van der Waals surface area contributed by atoms with Crippen LogP contribution in [0.4, 0.5) is 16.0 Å². The summed E-state index contributed by atoms with van der Waals surface area (Å²) in [4.78, 5) is 8.87. The third-order valence-electron chi connectivity index (χ3n) is 5.92. The van der Waals surface area contributed by atoms with E-state index in [0.717, 1.165) is 49.4 Å². The Hall–Kier alpha value is -3.39. The zero-order valence-corrected chi connectivity index (χ0v) is 19.0. The number of hydrogen-bond acceptors (Lipinski definition) is 5. The maximum Gasteiger partial charge on any atom is 0.246 e. The van der Waals surface area contributed by atoms with Crippen LogP contribution in [-0.2, 0) is 6.54 Å². The molecule has 1 aromatic carbocycles. The molecule has 7 nitrogen and oxygen atoms in total. The standard InChI is InChI=1S/C24H24ClFN6O/c1-33-21-13-18(10-11-20(21)31-14-22(25)27-15-31)28-24-29-23-19(7-4-12-32(23)30-24)16-5-2-3-6-17(26)9-8-16/h3,6,8-11,13-15,19H,2,4-5,7,12H2,1H3,(H,28,30). The largest absolute Gasteiger partial charge is 0.494 e. The number of hydrogen-bond donors (Lipinski definition) is 1. The van der Waals surface area contributed by atoms with E-state index in [-0.39, 0.29) is 11.7 Å². The number of aryl methyl sites for hydroxylation is 1. The molecule has 0 saturated carbocycles. The maximum atomic E-state index is 13.8. The number of imidazole rings is 1. The minimum Gasteiger partial charge on any atom is -0.494 e. The first-order valence-corrected chi connectivity index (χ1v) is 11.3. The first-order valence-electron chi connectivity index (χ1n) is 10.9. The van der Waals surface area contributed by atoms with Gasteiger partial charge < -0.3 is 14.6 Å². The fourth-order valence-electron chi connectivity index (χ4n) is 4.35. The van der Waals surface area contributed by atoms with E-state index in [1.165, 1.54) is 11.6 Å². The van der Waals surface area contributed by atoms with E-state index in [9.17, 15) is 4.39 Å². The molecule has 33 heavy (non-hydrogen) atoms. The highest BCUT2D eigenvalue weighted by molar-refractivity contribution is 6.29.